The Morgan fingerprint density at radius 2 is 2.43 bits per heavy atom. The predicted molar refractivity (Wildman–Crippen MR) is 51.2 cm³/mol. The van der Waals surface area contributed by atoms with Gasteiger partial charge in [0.15, 0.2) is 11.5 Å². The van der Waals surface area contributed by atoms with Crippen molar-refractivity contribution in [3.8, 4) is 0 Å². The van der Waals surface area contributed by atoms with Gasteiger partial charge in [-0.2, -0.15) is 5.10 Å². The van der Waals surface area contributed by atoms with Crippen molar-refractivity contribution in [2.45, 2.75) is 12.3 Å². The zero-order valence-corrected chi connectivity index (χ0v) is 7.76. The standard InChI is InChI=1S/C10H11N3O/c1-2-5-13-9(3-1)11-10(12-13)8-4-6-14-7-8/h1-3,5,8H,4,6-7H2. The van der Waals surface area contributed by atoms with E-state index in [4.69, 9.17) is 4.74 Å². The number of fused-ring (bicyclic) bond motifs is 1. The Morgan fingerprint density at radius 1 is 1.43 bits per heavy atom. The number of hydrogen-bond acceptors (Lipinski definition) is 3. The molecule has 72 valence electrons. The van der Waals surface area contributed by atoms with Crippen LogP contribution in [-0.4, -0.2) is 27.8 Å². The Hall–Kier alpha value is -1.42. The highest BCUT2D eigenvalue weighted by atomic mass is 16.5. The maximum Gasteiger partial charge on any atom is 0.157 e. The number of pyridine rings is 1. The summed E-state index contributed by atoms with van der Waals surface area (Å²) in [5.74, 6) is 1.30. The van der Waals surface area contributed by atoms with Gasteiger partial charge in [-0.3, -0.25) is 0 Å². The minimum Gasteiger partial charge on any atom is -0.381 e. The van der Waals surface area contributed by atoms with E-state index in [1.807, 2.05) is 28.9 Å². The maximum atomic E-state index is 5.32. The average molecular weight is 189 g/mol. The van der Waals surface area contributed by atoms with Gasteiger partial charge in [-0.1, -0.05) is 6.07 Å². The van der Waals surface area contributed by atoms with Crippen molar-refractivity contribution in [1.29, 1.82) is 0 Å². The monoisotopic (exact) mass is 189 g/mol. The molecule has 14 heavy (non-hydrogen) atoms. The van der Waals surface area contributed by atoms with Crippen molar-refractivity contribution >= 4 is 5.65 Å². The number of aromatic nitrogens is 3. The van der Waals surface area contributed by atoms with Crippen LogP contribution in [0.3, 0.4) is 0 Å². The topological polar surface area (TPSA) is 39.4 Å². The molecular formula is C10H11N3O. The van der Waals surface area contributed by atoms with E-state index in [9.17, 15) is 0 Å². The summed E-state index contributed by atoms with van der Waals surface area (Å²) in [7, 11) is 0. The molecule has 0 aliphatic carbocycles. The molecule has 3 rings (SSSR count). The third-order valence-corrected chi connectivity index (χ3v) is 2.55. The van der Waals surface area contributed by atoms with Crippen LogP contribution >= 0.6 is 0 Å². The minimum atomic E-state index is 0.384. The lowest BCUT2D eigenvalue weighted by atomic mass is 10.1. The normalized spacial score (nSPS) is 21.9. The van der Waals surface area contributed by atoms with Crippen molar-refractivity contribution in [2.24, 2.45) is 0 Å². The van der Waals surface area contributed by atoms with E-state index in [2.05, 4.69) is 10.1 Å². The van der Waals surface area contributed by atoms with E-state index in [1.165, 1.54) is 0 Å². The molecule has 0 N–H and O–H groups in total. The van der Waals surface area contributed by atoms with Gasteiger partial charge in [0.25, 0.3) is 0 Å². The van der Waals surface area contributed by atoms with Gasteiger partial charge in [0, 0.05) is 18.7 Å². The molecule has 1 fully saturated rings. The minimum absolute atomic E-state index is 0.384. The lowest BCUT2D eigenvalue weighted by Gasteiger charge is -1.98. The summed E-state index contributed by atoms with van der Waals surface area (Å²) in [5, 5.41) is 4.42. The molecule has 0 saturated carbocycles. The quantitative estimate of drug-likeness (QED) is 0.677. The summed E-state index contributed by atoms with van der Waals surface area (Å²) in [4.78, 5) is 4.47. The highest BCUT2D eigenvalue weighted by Gasteiger charge is 2.21. The maximum absolute atomic E-state index is 5.32. The van der Waals surface area contributed by atoms with Gasteiger partial charge in [0.2, 0.25) is 0 Å². The van der Waals surface area contributed by atoms with Crippen molar-refractivity contribution in [3.05, 3.63) is 30.2 Å². The van der Waals surface area contributed by atoms with Crippen LogP contribution in [0.15, 0.2) is 24.4 Å². The van der Waals surface area contributed by atoms with E-state index >= 15 is 0 Å². The fourth-order valence-corrected chi connectivity index (χ4v) is 1.76. The molecular weight excluding hydrogens is 178 g/mol. The fourth-order valence-electron chi connectivity index (χ4n) is 1.76. The summed E-state index contributed by atoms with van der Waals surface area (Å²) < 4.78 is 7.13. The molecule has 1 aliphatic heterocycles. The Labute approximate surface area is 81.5 Å². The molecule has 1 saturated heterocycles. The fraction of sp³-hybridized carbons (Fsp3) is 0.400. The van der Waals surface area contributed by atoms with Crippen LogP contribution in [0.2, 0.25) is 0 Å². The van der Waals surface area contributed by atoms with Crippen molar-refractivity contribution in [3.63, 3.8) is 0 Å². The van der Waals surface area contributed by atoms with Crippen LogP contribution in [0.1, 0.15) is 18.2 Å². The number of hydrogen-bond donors (Lipinski definition) is 0. The van der Waals surface area contributed by atoms with Gasteiger partial charge in [-0.15, -0.1) is 0 Å². The Balaban J connectivity index is 2.05. The highest BCUT2D eigenvalue weighted by Crippen LogP contribution is 2.22. The largest absolute Gasteiger partial charge is 0.381 e. The zero-order valence-electron chi connectivity index (χ0n) is 7.76. The third-order valence-electron chi connectivity index (χ3n) is 2.55. The van der Waals surface area contributed by atoms with Gasteiger partial charge in [-0.25, -0.2) is 9.50 Å². The van der Waals surface area contributed by atoms with Crippen molar-refractivity contribution in [2.75, 3.05) is 13.2 Å². The first-order valence-electron chi connectivity index (χ1n) is 4.82. The number of nitrogens with zero attached hydrogens (tertiary/aromatic N) is 3. The predicted octanol–water partition coefficient (Wildman–Crippen LogP) is 1.23. The summed E-state index contributed by atoms with van der Waals surface area (Å²) in [6.07, 6.45) is 2.96. The van der Waals surface area contributed by atoms with E-state index in [0.29, 0.717) is 5.92 Å². The van der Waals surface area contributed by atoms with E-state index in [1.54, 1.807) is 0 Å². The second kappa shape index (κ2) is 3.06. The van der Waals surface area contributed by atoms with Crippen LogP contribution < -0.4 is 0 Å². The van der Waals surface area contributed by atoms with Crippen molar-refractivity contribution < 1.29 is 4.74 Å². The second-order valence-corrected chi connectivity index (χ2v) is 3.53. The molecule has 0 aromatic carbocycles. The molecule has 0 bridgehead atoms. The van der Waals surface area contributed by atoms with Crippen LogP contribution in [-0.2, 0) is 4.74 Å². The first kappa shape index (κ1) is 7.94. The summed E-state index contributed by atoms with van der Waals surface area (Å²) in [6, 6.07) is 5.89. The Kier molecular flexibility index (Phi) is 1.73. The Bertz CT molecular complexity index is 412. The van der Waals surface area contributed by atoms with Gasteiger partial charge in [0.05, 0.1) is 6.61 Å². The molecule has 0 spiro atoms. The molecule has 0 amide bonds. The lowest BCUT2D eigenvalue weighted by Crippen LogP contribution is -2.00. The molecule has 1 unspecified atom stereocenters. The van der Waals surface area contributed by atoms with Crippen LogP contribution in [0.4, 0.5) is 0 Å². The molecule has 1 aliphatic rings. The molecule has 2 aromatic heterocycles. The van der Waals surface area contributed by atoms with Crippen molar-refractivity contribution in [1.82, 2.24) is 14.6 Å². The SMILES string of the molecule is c1ccn2nc(C3CCOC3)nc2c1. The first-order valence-corrected chi connectivity index (χ1v) is 4.82. The van der Waals surface area contributed by atoms with E-state index in [-0.39, 0.29) is 0 Å². The first-order chi connectivity index (χ1) is 6.93. The summed E-state index contributed by atoms with van der Waals surface area (Å²) >= 11 is 0. The molecule has 3 heterocycles. The zero-order chi connectivity index (χ0) is 9.38. The van der Waals surface area contributed by atoms with Crippen LogP contribution in [0.25, 0.3) is 5.65 Å². The average Bonchev–Trinajstić information content (AvgIpc) is 2.86. The van der Waals surface area contributed by atoms with Gasteiger partial charge < -0.3 is 4.74 Å². The molecule has 2 aromatic rings. The number of rotatable bonds is 1. The number of ether oxygens (including phenoxy) is 1. The molecule has 1 atom stereocenters. The molecule has 4 heteroatoms. The van der Waals surface area contributed by atoms with E-state index in [0.717, 1.165) is 31.1 Å². The smallest absolute Gasteiger partial charge is 0.157 e. The van der Waals surface area contributed by atoms with Crippen LogP contribution in [0, 0.1) is 0 Å². The van der Waals surface area contributed by atoms with Gasteiger partial charge >= 0.3 is 0 Å². The van der Waals surface area contributed by atoms with Crippen LogP contribution in [0.5, 0.6) is 0 Å². The lowest BCUT2D eigenvalue weighted by molar-refractivity contribution is 0.193. The summed E-state index contributed by atoms with van der Waals surface area (Å²) in [6.45, 7) is 1.59. The third kappa shape index (κ3) is 1.19. The van der Waals surface area contributed by atoms with Gasteiger partial charge in [-0.05, 0) is 18.6 Å². The summed E-state index contributed by atoms with van der Waals surface area (Å²) in [5.41, 5.74) is 0.911. The molecule has 4 nitrogen and oxygen atoms in total. The highest BCUT2D eigenvalue weighted by molar-refractivity contribution is 5.36. The second-order valence-electron chi connectivity index (χ2n) is 3.53. The van der Waals surface area contributed by atoms with Gasteiger partial charge in [0.1, 0.15) is 0 Å². The van der Waals surface area contributed by atoms with E-state index < -0.39 is 0 Å². The molecule has 0 radical (unpaired) electrons. The Morgan fingerprint density at radius 3 is 3.21 bits per heavy atom.